The monoisotopic (exact) mass is 379 g/mol. The molecule has 1 aromatic heterocycles. The minimum Gasteiger partial charge on any atom is -0.491 e. The van der Waals surface area contributed by atoms with Crippen LogP contribution in [0.25, 0.3) is 5.69 Å². The maximum absolute atomic E-state index is 12.7. The number of amides is 1. The Kier molecular flexibility index (Phi) is 6.61. The topological polar surface area (TPSA) is 86.3 Å². The van der Waals surface area contributed by atoms with Crippen molar-refractivity contribution in [3.8, 4) is 11.4 Å². The molecule has 0 radical (unpaired) electrons. The lowest BCUT2D eigenvalue weighted by molar-refractivity contribution is 0.0708. The van der Waals surface area contributed by atoms with Crippen LogP contribution in [0, 0.1) is 6.92 Å². The Balaban J connectivity index is 0.00000243. The van der Waals surface area contributed by atoms with Crippen molar-refractivity contribution in [3.05, 3.63) is 35.7 Å². The molecule has 2 aromatic rings. The molecule has 0 aliphatic carbocycles. The van der Waals surface area contributed by atoms with Crippen LogP contribution in [0.2, 0.25) is 0 Å². The molecule has 0 saturated carbocycles. The lowest BCUT2D eigenvalue weighted by atomic mass is 10.1. The number of aromatic nitrogens is 3. The predicted octanol–water partition coefficient (Wildman–Crippen LogP) is 2.35. The molecule has 1 aliphatic heterocycles. The van der Waals surface area contributed by atoms with Crippen LogP contribution < -0.4 is 10.5 Å². The first-order chi connectivity index (χ1) is 12.0. The molecule has 1 fully saturated rings. The lowest BCUT2D eigenvalue weighted by Crippen LogP contribution is -2.43. The summed E-state index contributed by atoms with van der Waals surface area (Å²) in [6, 6.07) is 7.79. The highest BCUT2D eigenvalue weighted by molar-refractivity contribution is 5.93. The molecule has 0 atom stereocenters. The third-order valence-electron chi connectivity index (χ3n) is 4.38. The Hall–Kier alpha value is -2.12. The van der Waals surface area contributed by atoms with Gasteiger partial charge < -0.3 is 15.4 Å². The van der Waals surface area contributed by atoms with Crippen molar-refractivity contribution in [2.45, 2.75) is 45.8 Å². The Morgan fingerprint density at radius 2 is 1.85 bits per heavy atom. The largest absolute Gasteiger partial charge is 0.491 e. The van der Waals surface area contributed by atoms with E-state index in [1.165, 1.54) is 0 Å². The molecule has 1 saturated heterocycles. The summed E-state index contributed by atoms with van der Waals surface area (Å²) in [5, 5.41) is 8.28. The maximum Gasteiger partial charge on any atom is 0.276 e. The van der Waals surface area contributed by atoms with E-state index in [9.17, 15) is 4.79 Å². The second kappa shape index (κ2) is 8.51. The van der Waals surface area contributed by atoms with Gasteiger partial charge in [0.25, 0.3) is 5.91 Å². The molecule has 0 spiro atoms. The predicted molar refractivity (Wildman–Crippen MR) is 102 cm³/mol. The third kappa shape index (κ3) is 4.34. The van der Waals surface area contributed by atoms with E-state index in [1.807, 2.05) is 49.9 Å². The van der Waals surface area contributed by atoms with E-state index in [1.54, 1.807) is 4.68 Å². The Morgan fingerprint density at radius 3 is 2.42 bits per heavy atom. The first-order valence-corrected chi connectivity index (χ1v) is 8.70. The van der Waals surface area contributed by atoms with Crippen LogP contribution >= 0.6 is 12.4 Å². The van der Waals surface area contributed by atoms with Gasteiger partial charge in [0.1, 0.15) is 5.75 Å². The number of rotatable bonds is 4. The molecule has 2 N–H and O–H groups in total. The molecule has 7 nitrogen and oxygen atoms in total. The minimum atomic E-state index is -0.0737. The average molecular weight is 380 g/mol. The minimum absolute atomic E-state index is 0. The van der Waals surface area contributed by atoms with E-state index >= 15 is 0 Å². The summed E-state index contributed by atoms with van der Waals surface area (Å²) in [6.45, 7) is 7.18. The molecule has 26 heavy (non-hydrogen) atoms. The highest BCUT2D eigenvalue weighted by Gasteiger charge is 2.26. The fourth-order valence-corrected chi connectivity index (χ4v) is 2.96. The highest BCUT2D eigenvalue weighted by atomic mass is 35.5. The van der Waals surface area contributed by atoms with Crippen molar-refractivity contribution < 1.29 is 9.53 Å². The van der Waals surface area contributed by atoms with Gasteiger partial charge in [0.2, 0.25) is 0 Å². The van der Waals surface area contributed by atoms with Gasteiger partial charge in [-0.2, -0.15) is 0 Å². The van der Waals surface area contributed by atoms with Gasteiger partial charge in [-0.25, -0.2) is 4.68 Å². The molecular weight excluding hydrogens is 354 g/mol. The number of piperidine rings is 1. The second-order valence-corrected chi connectivity index (χ2v) is 6.73. The fourth-order valence-electron chi connectivity index (χ4n) is 2.96. The van der Waals surface area contributed by atoms with E-state index in [0.29, 0.717) is 18.8 Å². The number of nitrogens with zero attached hydrogens (tertiary/aromatic N) is 4. The van der Waals surface area contributed by atoms with E-state index in [-0.39, 0.29) is 30.5 Å². The van der Waals surface area contributed by atoms with Crippen LogP contribution in [0.3, 0.4) is 0 Å². The molecule has 2 heterocycles. The summed E-state index contributed by atoms with van der Waals surface area (Å²) >= 11 is 0. The Morgan fingerprint density at radius 1 is 1.23 bits per heavy atom. The van der Waals surface area contributed by atoms with Crippen LogP contribution in [0.1, 0.15) is 42.9 Å². The fraction of sp³-hybridized carbons (Fsp3) is 0.500. The summed E-state index contributed by atoms with van der Waals surface area (Å²) in [5.41, 5.74) is 7.89. The van der Waals surface area contributed by atoms with E-state index in [0.717, 1.165) is 30.0 Å². The van der Waals surface area contributed by atoms with Gasteiger partial charge in [-0.15, -0.1) is 17.5 Å². The number of benzene rings is 1. The third-order valence-corrected chi connectivity index (χ3v) is 4.38. The number of ether oxygens (including phenoxy) is 1. The van der Waals surface area contributed by atoms with Crippen molar-refractivity contribution in [1.82, 2.24) is 19.9 Å². The molecule has 8 heteroatoms. The number of hydrogen-bond donors (Lipinski definition) is 1. The number of carbonyl (C=O) groups excluding carboxylic acids is 1. The van der Waals surface area contributed by atoms with Crippen molar-refractivity contribution >= 4 is 18.3 Å². The Labute approximate surface area is 159 Å². The van der Waals surface area contributed by atoms with Crippen LogP contribution in [0.4, 0.5) is 0 Å². The van der Waals surface area contributed by atoms with Gasteiger partial charge >= 0.3 is 0 Å². The first kappa shape index (κ1) is 20.2. The SMILES string of the molecule is Cc1c(C(=O)N2CCC(N)CC2)nnn1-c1ccc(OC(C)C)cc1.Cl. The molecule has 0 bridgehead atoms. The first-order valence-electron chi connectivity index (χ1n) is 8.70. The van der Waals surface area contributed by atoms with E-state index in [2.05, 4.69) is 10.3 Å². The highest BCUT2D eigenvalue weighted by Crippen LogP contribution is 2.19. The smallest absolute Gasteiger partial charge is 0.276 e. The quantitative estimate of drug-likeness (QED) is 0.881. The Bertz CT molecular complexity index is 737. The van der Waals surface area contributed by atoms with Crippen LogP contribution in [-0.4, -0.2) is 51.0 Å². The second-order valence-electron chi connectivity index (χ2n) is 6.73. The molecule has 1 aromatic carbocycles. The van der Waals surface area contributed by atoms with Gasteiger partial charge in [0.15, 0.2) is 5.69 Å². The average Bonchev–Trinajstić information content (AvgIpc) is 2.97. The lowest BCUT2D eigenvalue weighted by Gasteiger charge is -2.29. The number of likely N-dealkylation sites (tertiary alicyclic amines) is 1. The van der Waals surface area contributed by atoms with Gasteiger partial charge in [-0.05, 0) is 57.9 Å². The van der Waals surface area contributed by atoms with E-state index in [4.69, 9.17) is 10.5 Å². The van der Waals surface area contributed by atoms with Crippen LogP contribution in [0.15, 0.2) is 24.3 Å². The molecular formula is C18H26ClN5O2. The summed E-state index contributed by atoms with van der Waals surface area (Å²) in [4.78, 5) is 14.5. The normalized spacial score (nSPS) is 15.0. The van der Waals surface area contributed by atoms with Gasteiger partial charge in [0, 0.05) is 19.1 Å². The van der Waals surface area contributed by atoms with Crippen LogP contribution in [0.5, 0.6) is 5.75 Å². The van der Waals surface area contributed by atoms with Crippen molar-refractivity contribution in [1.29, 1.82) is 0 Å². The summed E-state index contributed by atoms with van der Waals surface area (Å²) in [6.07, 6.45) is 1.78. The molecule has 1 amide bonds. The van der Waals surface area contributed by atoms with Gasteiger partial charge in [-0.1, -0.05) is 5.21 Å². The van der Waals surface area contributed by atoms with Crippen molar-refractivity contribution in [2.75, 3.05) is 13.1 Å². The molecule has 3 rings (SSSR count). The zero-order chi connectivity index (χ0) is 18.0. The van der Waals surface area contributed by atoms with E-state index < -0.39 is 0 Å². The number of carbonyl (C=O) groups is 1. The van der Waals surface area contributed by atoms with Crippen molar-refractivity contribution in [3.63, 3.8) is 0 Å². The maximum atomic E-state index is 12.7. The summed E-state index contributed by atoms with van der Waals surface area (Å²) < 4.78 is 7.33. The number of nitrogens with two attached hydrogens (primary N) is 1. The molecule has 0 unspecified atom stereocenters. The zero-order valence-corrected chi connectivity index (χ0v) is 16.2. The molecule has 1 aliphatic rings. The van der Waals surface area contributed by atoms with Gasteiger partial charge in [-0.3, -0.25) is 4.79 Å². The zero-order valence-electron chi connectivity index (χ0n) is 15.4. The summed E-state index contributed by atoms with van der Waals surface area (Å²) in [7, 11) is 0. The number of hydrogen-bond acceptors (Lipinski definition) is 5. The molecule has 142 valence electrons. The van der Waals surface area contributed by atoms with Crippen molar-refractivity contribution in [2.24, 2.45) is 5.73 Å². The van der Waals surface area contributed by atoms with Gasteiger partial charge in [0.05, 0.1) is 17.5 Å². The standard InChI is InChI=1S/C18H25N5O2.ClH/c1-12(2)25-16-6-4-15(5-7-16)23-13(3)17(20-21-23)18(24)22-10-8-14(19)9-11-22;/h4-7,12,14H,8-11,19H2,1-3H3;1H. The van der Waals surface area contributed by atoms with Crippen LogP contribution in [-0.2, 0) is 0 Å². The summed E-state index contributed by atoms with van der Waals surface area (Å²) in [5.74, 6) is 0.730. The number of halogens is 1.